The van der Waals surface area contributed by atoms with Crippen LogP contribution in [0.25, 0.3) is 0 Å². The molecule has 1 aliphatic heterocycles. The number of piperidine rings is 1. The average molecular weight is 280 g/mol. The molecule has 0 saturated carbocycles. The average Bonchev–Trinajstić information content (AvgIpc) is 2.41. The van der Waals surface area contributed by atoms with Crippen LogP contribution in [0.2, 0.25) is 0 Å². The Bertz CT molecular complexity index is 573. The first-order chi connectivity index (χ1) is 9.51. The molecule has 0 aliphatic carbocycles. The van der Waals surface area contributed by atoms with Crippen LogP contribution >= 0.6 is 0 Å². The van der Waals surface area contributed by atoms with E-state index in [-0.39, 0.29) is 30.1 Å². The van der Waals surface area contributed by atoms with Crippen LogP contribution in [0, 0.1) is 5.82 Å². The van der Waals surface area contributed by atoms with Crippen LogP contribution in [0.5, 0.6) is 5.75 Å². The van der Waals surface area contributed by atoms with Gasteiger partial charge in [-0.3, -0.25) is 19.7 Å². The second-order valence-corrected chi connectivity index (χ2v) is 4.32. The maximum atomic E-state index is 13.2. The molecule has 106 valence electrons. The number of methoxy groups -OCH3 is 1. The summed E-state index contributed by atoms with van der Waals surface area (Å²) in [5.74, 6) is -1.94. The number of hydrogen-bond acceptors (Lipinski definition) is 4. The first-order valence-electron chi connectivity index (χ1n) is 5.99. The zero-order chi connectivity index (χ0) is 14.7. The van der Waals surface area contributed by atoms with Crippen LogP contribution in [0.1, 0.15) is 23.2 Å². The van der Waals surface area contributed by atoms with Gasteiger partial charge in [0.2, 0.25) is 11.8 Å². The minimum Gasteiger partial charge on any atom is -0.496 e. The number of nitrogens with one attached hydrogen (secondary N) is 2. The molecule has 1 fully saturated rings. The lowest BCUT2D eigenvalue weighted by atomic mass is 10.1. The number of rotatable bonds is 3. The van der Waals surface area contributed by atoms with E-state index in [2.05, 4.69) is 10.6 Å². The molecular weight excluding hydrogens is 267 g/mol. The van der Waals surface area contributed by atoms with Crippen LogP contribution in [-0.2, 0) is 9.59 Å². The lowest BCUT2D eigenvalue weighted by Gasteiger charge is -2.22. The summed E-state index contributed by atoms with van der Waals surface area (Å²) in [4.78, 5) is 34.6. The standard InChI is InChI=1S/C13H13FN2O4/c1-20-10-4-2-7(14)6-8(10)12(18)15-9-3-5-11(17)16-13(9)19/h2,4,6,9H,3,5H2,1H3,(H,15,18)(H,16,17,19)/t9-/m1/s1. The summed E-state index contributed by atoms with van der Waals surface area (Å²) in [7, 11) is 1.36. The van der Waals surface area contributed by atoms with Crippen molar-refractivity contribution in [3.8, 4) is 5.75 Å². The summed E-state index contributed by atoms with van der Waals surface area (Å²) in [6.07, 6.45) is 0.366. The molecule has 1 atom stereocenters. The second-order valence-electron chi connectivity index (χ2n) is 4.32. The first kappa shape index (κ1) is 14.0. The zero-order valence-corrected chi connectivity index (χ0v) is 10.7. The number of carbonyl (C=O) groups is 3. The van der Waals surface area contributed by atoms with Gasteiger partial charge in [0.25, 0.3) is 5.91 Å². The highest BCUT2D eigenvalue weighted by Gasteiger charge is 2.28. The normalized spacial score (nSPS) is 18.4. The van der Waals surface area contributed by atoms with Gasteiger partial charge in [-0.05, 0) is 24.6 Å². The van der Waals surface area contributed by atoms with Crippen molar-refractivity contribution >= 4 is 17.7 Å². The van der Waals surface area contributed by atoms with Gasteiger partial charge < -0.3 is 10.1 Å². The Morgan fingerprint density at radius 2 is 2.20 bits per heavy atom. The van der Waals surface area contributed by atoms with Crippen molar-refractivity contribution in [3.63, 3.8) is 0 Å². The van der Waals surface area contributed by atoms with E-state index in [0.717, 1.165) is 6.07 Å². The Hall–Kier alpha value is -2.44. The minimum absolute atomic E-state index is 0.00259. The van der Waals surface area contributed by atoms with Crippen molar-refractivity contribution in [3.05, 3.63) is 29.6 Å². The van der Waals surface area contributed by atoms with Crippen molar-refractivity contribution in [2.75, 3.05) is 7.11 Å². The largest absolute Gasteiger partial charge is 0.496 e. The third-order valence-corrected chi connectivity index (χ3v) is 2.95. The van der Waals surface area contributed by atoms with E-state index in [1.54, 1.807) is 0 Å². The molecule has 0 bridgehead atoms. The molecule has 1 saturated heterocycles. The molecule has 0 spiro atoms. The van der Waals surface area contributed by atoms with E-state index in [4.69, 9.17) is 4.74 Å². The van der Waals surface area contributed by atoms with Gasteiger partial charge in [0.05, 0.1) is 12.7 Å². The molecule has 1 aromatic rings. The summed E-state index contributed by atoms with van der Waals surface area (Å²) < 4.78 is 18.2. The number of hydrogen-bond donors (Lipinski definition) is 2. The highest BCUT2D eigenvalue weighted by Crippen LogP contribution is 2.19. The smallest absolute Gasteiger partial charge is 0.255 e. The molecule has 1 aromatic carbocycles. The number of amides is 3. The molecule has 0 unspecified atom stereocenters. The van der Waals surface area contributed by atoms with Crippen molar-refractivity contribution in [1.82, 2.24) is 10.6 Å². The predicted octanol–water partition coefficient (Wildman–Crippen LogP) is 0.369. The van der Waals surface area contributed by atoms with Gasteiger partial charge in [-0.2, -0.15) is 0 Å². The van der Waals surface area contributed by atoms with E-state index in [0.29, 0.717) is 0 Å². The molecule has 1 aliphatic rings. The summed E-state index contributed by atoms with van der Waals surface area (Å²) >= 11 is 0. The molecule has 1 heterocycles. The Morgan fingerprint density at radius 3 is 2.85 bits per heavy atom. The zero-order valence-electron chi connectivity index (χ0n) is 10.7. The topological polar surface area (TPSA) is 84.5 Å². The molecule has 0 radical (unpaired) electrons. The van der Waals surface area contributed by atoms with Gasteiger partial charge in [-0.15, -0.1) is 0 Å². The van der Waals surface area contributed by atoms with Gasteiger partial charge >= 0.3 is 0 Å². The Labute approximate surface area is 114 Å². The molecular formula is C13H13FN2O4. The number of ether oxygens (including phenoxy) is 1. The summed E-state index contributed by atoms with van der Waals surface area (Å²) in [5, 5.41) is 4.59. The summed E-state index contributed by atoms with van der Waals surface area (Å²) in [6, 6.07) is 2.71. The van der Waals surface area contributed by atoms with E-state index in [9.17, 15) is 18.8 Å². The van der Waals surface area contributed by atoms with Crippen LogP contribution in [-0.4, -0.2) is 30.9 Å². The van der Waals surface area contributed by atoms with Crippen molar-refractivity contribution in [1.29, 1.82) is 0 Å². The molecule has 7 heteroatoms. The van der Waals surface area contributed by atoms with Gasteiger partial charge in [0.1, 0.15) is 17.6 Å². The summed E-state index contributed by atoms with van der Waals surface area (Å²) in [5.41, 5.74) is -0.00259. The van der Waals surface area contributed by atoms with Crippen LogP contribution < -0.4 is 15.4 Å². The number of halogens is 1. The quantitative estimate of drug-likeness (QED) is 0.783. The third-order valence-electron chi connectivity index (χ3n) is 2.95. The van der Waals surface area contributed by atoms with E-state index in [1.807, 2.05) is 0 Å². The Balaban J connectivity index is 2.14. The van der Waals surface area contributed by atoms with E-state index < -0.39 is 23.7 Å². The fourth-order valence-corrected chi connectivity index (χ4v) is 1.92. The monoisotopic (exact) mass is 280 g/mol. The lowest BCUT2D eigenvalue weighted by Crippen LogP contribution is -2.52. The molecule has 2 rings (SSSR count). The lowest BCUT2D eigenvalue weighted by molar-refractivity contribution is -0.134. The molecule has 20 heavy (non-hydrogen) atoms. The number of benzene rings is 1. The van der Waals surface area contributed by atoms with Gasteiger partial charge in [-0.1, -0.05) is 0 Å². The van der Waals surface area contributed by atoms with Crippen molar-refractivity contribution < 1.29 is 23.5 Å². The summed E-state index contributed by atoms with van der Waals surface area (Å²) in [6.45, 7) is 0. The number of carbonyl (C=O) groups excluding carboxylic acids is 3. The van der Waals surface area contributed by atoms with Crippen LogP contribution in [0.4, 0.5) is 4.39 Å². The van der Waals surface area contributed by atoms with Crippen LogP contribution in [0.15, 0.2) is 18.2 Å². The molecule has 3 amide bonds. The molecule has 2 N–H and O–H groups in total. The highest BCUT2D eigenvalue weighted by atomic mass is 19.1. The minimum atomic E-state index is -0.812. The Kier molecular flexibility index (Phi) is 3.97. The maximum absolute atomic E-state index is 13.2. The molecule has 0 aromatic heterocycles. The fraction of sp³-hybridized carbons (Fsp3) is 0.308. The van der Waals surface area contributed by atoms with Crippen molar-refractivity contribution in [2.45, 2.75) is 18.9 Å². The van der Waals surface area contributed by atoms with Crippen LogP contribution in [0.3, 0.4) is 0 Å². The van der Waals surface area contributed by atoms with E-state index in [1.165, 1.54) is 19.2 Å². The van der Waals surface area contributed by atoms with Gasteiger partial charge in [-0.25, -0.2) is 4.39 Å². The Morgan fingerprint density at radius 1 is 1.45 bits per heavy atom. The van der Waals surface area contributed by atoms with E-state index >= 15 is 0 Å². The first-order valence-corrected chi connectivity index (χ1v) is 5.99. The third kappa shape index (κ3) is 2.93. The predicted molar refractivity (Wildman–Crippen MR) is 66.6 cm³/mol. The molecule has 6 nitrogen and oxygen atoms in total. The fourth-order valence-electron chi connectivity index (χ4n) is 1.92. The van der Waals surface area contributed by atoms with Crippen molar-refractivity contribution in [2.24, 2.45) is 0 Å². The SMILES string of the molecule is COc1ccc(F)cc1C(=O)N[C@@H]1CCC(=O)NC1=O. The van der Waals surface area contributed by atoms with Gasteiger partial charge in [0, 0.05) is 6.42 Å². The maximum Gasteiger partial charge on any atom is 0.255 e. The highest BCUT2D eigenvalue weighted by molar-refractivity contribution is 6.04. The second kappa shape index (κ2) is 5.68. The number of imide groups is 1. The van der Waals surface area contributed by atoms with Gasteiger partial charge in [0.15, 0.2) is 0 Å².